The minimum absolute atomic E-state index is 0.0527. The van der Waals surface area contributed by atoms with Crippen LogP contribution in [0.15, 0.2) is 24.3 Å². The molecule has 0 aliphatic heterocycles. The molecule has 1 N–H and O–H groups in total. The van der Waals surface area contributed by atoms with Crippen molar-refractivity contribution in [2.24, 2.45) is 0 Å². The third-order valence-electron chi connectivity index (χ3n) is 3.26. The zero-order valence-electron chi connectivity index (χ0n) is 14.2. The second-order valence-electron chi connectivity index (χ2n) is 5.99. The van der Waals surface area contributed by atoms with Crippen LogP contribution < -0.4 is 4.74 Å². The monoisotopic (exact) mass is 406 g/mol. The summed E-state index contributed by atoms with van der Waals surface area (Å²) >= 11 is 0. The van der Waals surface area contributed by atoms with Crippen LogP contribution in [0.1, 0.15) is 24.2 Å². The van der Waals surface area contributed by atoms with Crippen molar-refractivity contribution in [1.29, 1.82) is 0 Å². The van der Waals surface area contributed by atoms with E-state index in [4.69, 9.17) is 4.74 Å². The third-order valence-corrected chi connectivity index (χ3v) is 3.26. The molecule has 1 atom stereocenters. The number of ketones is 1. The van der Waals surface area contributed by atoms with E-state index in [1.54, 1.807) is 0 Å². The Morgan fingerprint density at radius 3 is 2.00 bits per heavy atom. The second-order valence-corrected chi connectivity index (χ2v) is 5.99. The lowest BCUT2D eigenvalue weighted by Crippen LogP contribution is -2.52. The summed E-state index contributed by atoms with van der Waals surface area (Å²) in [6.45, 7) is 0.727. The molecule has 1 aromatic carbocycles. The molecule has 0 bridgehead atoms. The van der Waals surface area contributed by atoms with Crippen molar-refractivity contribution in [1.82, 2.24) is 0 Å². The summed E-state index contributed by atoms with van der Waals surface area (Å²) < 4.78 is 97.1. The Morgan fingerprint density at radius 2 is 1.56 bits per heavy atom. The SMILES string of the molecule is CC(C)(O)C(=O)c1ccc(OCCOC(F)(F)C(F)(F)C(F)C(F)F)cc1. The molecule has 0 aliphatic rings. The highest BCUT2D eigenvalue weighted by atomic mass is 19.3. The summed E-state index contributed by atoms with van der Waals surface area (Å²) in [4.78, 5) is 11.8. The van der Waals surface area contributed by atoms with E-state index < -0.39 is 49.2 Å². The number of Topliss-reactive ketones (excluding diaryl/α,β-unsaturated/α-hetero) is 1. The average Bonchev–Trinajstić information content (AvgIpc) is 2.56. The molecule has 0 aliphatic carbocycles. The van der Waals surface area contributed by atoms with E-state index in [0.29, 0.717) is 0 Å². The van der Waals surface area contributed by atoms with Crippen molar-refractivity contribution < 1.29 is 50.1 Å². The molecule has 0 fully saturated rings. The molecule has 0 saturated heterocycles. The van der Waals surface area contributed by atoms with Gasteiger partial charge in [0.25, 0.3) is 6.43 Å². The minimum atomic E-state index is -5.72. The fraction of sp³-hybridized carbons (Fsp3) is 0.562. The van der Waals surface area contributed by atoms with Gasteiger partial charge in [-0.05, 0) is 38.1 Å². The van der Waals surface area contributed by atoms with Crippen LogP contribution in [0.4, 0.5) is 30.7 Å². The number of halogens is 7. The van der Waals surface area contributed by atoms with E-state index in [0.717, 1.165) is 0 Å². The first-order chi connectivity index (χ1) is 12.2. The van der Waals surface area contributed by atoms with Crippen LogP contribution in [0.5, 0.6) is 5.75 Å². The lowest BCUT2D eigenvalue weighted by molar-refractivity contribution is -0.369. The fourth-order valence-electron chi connectivity index (χ4n) is 1.80. The van der Waals surface area contributed by atoms with Gasteiger partial charge >= 0.3 is 12.0 Å². The molecule has 1 aromatic rings. The van der Waals surface area contributed by atoms with E-state index in [-0.39, 0.29) is 11.3 Å². The van der Waals surface area contributed by atoms with Gasteiger partial charge < -0.3 is 14.6 Å². The Balaban J connectivity index is 2.58. The van der Waals surface area contributed by atoms with Gasteiger partial charge in [-0.15, -0.1) is 0 Å². The van der Waals surface area contributed by atoms with Crippen LogP contribution in [0.25, 0.3) is 0 Å². The van der Waals surface area contributed by atoms with Crippen molar-refractivity contribution >= 4 is 5.78 Å². The highest BCUT2D eigenvalue weighted by Crippen LogP contribution is 2.41. The van der Waals surface area contributed by atoms with Gasteiger partial charge in [0.05, 0.1) is 6.61 Å². The second kappa shape index (κ2) is 8.42. The van der Waals surface area contributed by atoms with E-state index in [2.05, 4.69) is 4.74 Å². The summed E-state index contributed by atoms with van der Waals surface area (Å²) in [5.74, 6) is -6.25. The Kier molecular flexibility index (Phi) is 7.23. The minimum Gasteiger partial charge on any atom is -0.491 e. The first-order valence-electron chi connectivity index (χ1n) is 7.52. The van der Waals surface area contributed by atoms with Crippen LogP contribution in [0, 0.1) is 0 Å². The van der Waals surface area contributed by atoms with E-state index in [9.17, 15) is 40.6 Å². The van der Waals surface area contributed by atoms with Gasteiger partial charge in [0.2, 0.25) is 6.17 Å². The van der Waals surface area contributed by atoms with Crippen molar-refractivity contribution in [2.75, 3.05) is 13.2 Å². The summed E-state index contributed by atoms with van der Waals surface area (Å²) in [6, 6.07) is 5.05. The van der Waals surface area contributed by atoms with Gasteiger partial charge in [0, 0.05) is 5.56 Å². The number of benzene rings is 1. The van der Waals surface area contributed by atoms with E-state index in [1.165, 1.54) is 38.1 Å². The van der Waals surface area contributed by atoms with Crippen LogP contribution >= 0.6 is 0 Å². The highest BCUT2D eigenvalue weighted by molar-refractivity contribution is 6.01. The topological polar surface area (TPSA) is 55.8 Å². The predicted molar refractivity (Wildman–Crippen MR) is 79.3 cm³/mol. The van der Waals surface area contributed by atoms with Crippen molar-refractivity contribution in [3.8, 4) is 5.75 Å². The number of alkyl halides is 7. The van der Waals surface area contributed by atoms with Crippen LogP contribution in [-0.4, -0.2) is 54.3 Å². The van der Waals surface area contributed by atoms with E-state index >= 15 is 0 Å². The normalized spacial score (nSPS) is 14.3. The Labute approximate surface area is 149 Å². The largest absolute Gasteiger partial charge is 0.491 e. The standard InChI is InChI=1S/C16H17F7O4/c1-14(2,25)12(24)9-3-5-10(6-4-9)26-7-8-27-16(22,23)15(20,21)11(17)13(18)19/h3-6,11,13,25H,7-8H2,1-2H3. The third kappa shape index (κ3) is 5.80. The lowest BCUT2D eigenvalue weighted by Gasteiger charge is -2.28. The van der Waals surface area contributed by atoms with Crippen molar-refractivity contribution in [2.45, 2.75) is 44.1 Å². The van der Waals surface area contributed by atoms with Gasteiger partial charge in [0.15, 0.2) is 5.78 Å². The quantitative estimate of drug-likeness (QED) is 0.364. The van der Waals surface area contributed by atoms with Crippen LogP contribution in [0.2, 0.25) is 0 Å². The van der Waals surface area contributed by atoms with Gasteiger partial charge in [-0.1, -0.05) is 0 Å². The molecule has 11 heteroatoms. The van der Waals surface area contributed by atoms with Crippen molar-refractivity contribution in [3.05, 3.63) is 29.8 Å². The molecule has 1 rings (SSSR count). The zero-order chi connectivity index (χ0) is 21.0. The van der Waals surface area contributed by atoms with Gasteiger partial charge in [-0.25, -0.2) is 13.2 Å². The smallest absolute Gasteiger partial charge is 0.422 e. The number of hydrogen-bond donors (Lipinski definition) is 1. The molecule has 1 unspecified atom stereocenters. The molecular weight excluding hydrogens is 389 g/mol. The maximum absolute atomic E-state index is 13.1. The fourth-order valence-corrected chi connectivity index (χ4v) is 1.80. The highest BCUT2D eigenvalue weighted by Gasteiger charge is 2.66. The molecule has 0 saturated carbocycles. The van der Waals surface area contributed by atoms with Gasteiger partial charge in [-0.3, -0.25) is 4.79 Å². The first kappa shape index (κ1) is 23.2. The molecule has 154 valence electrons. The average molecular weight is 406 g/mol. The summed E-state index contributed by atoms with van der Waals surface area (Å²) in [5, 5.41) is 9.59. The van der Waals surface area contributed by atoms with Crippen molar-refractivity contribution in [3.63, 3.8) is 0 Å². The molecule has 0 radical (unpaired) electrons. The first-order valence-corrected chi connectivity index (χ1v) is 7.52. The summed E-state index contributed by atoms with van der Waals surface area (Å²) in [5.41, 5.74) is -1.47. The molecular formula is C16H17F7O4. The summed E-state index contributed by atoms with van der Waals surface area (Å²) in [6.07, 6.45) is -14.2. The molecule has 27 heavy (non-hydrogen) atoms. The molecule has 0 aromatic heterocycles. The molecule has 0 spiro atoms. The molecule has 4 nitrogen and oxygen atoms in total. The Morgan fingerprint density at radius 1 is 1.04 bits per heavy atom. The number of aliphatic hydroxyl groups is 1. The number of rotatable bonds is 10. The predicted octanol–water partition coefficient (Wildman–Crippen LogP) is 3.87. The van der Waals surface area contributed by atoms with E-state index in [1.807, 2.05) is 0 Å². The Hall–Kier alpha value is -1.88. The van der Waals surface area contributed by atoms with Gasteiger partial charge in [0.1, 0.15) is 18.0 Å². The number of carbonyl (C=O) groups excluding carboxylic acids is 1. The van der Waals surface area contributed by atoms with Crippen LogP contribution in [0.3, 0.4) is 0 Å². The maximum Gasteiger partial charge on any atom is 0.422 e. The molecule has 0 amide bonds. The zero-order valence-corrected chi connectivity index (χ0v) is 14.2. The van der Waals surface area contributed by atoms with Gasteiger partial charge in [-0.2, -0.15) is 17.6 Å². The van der Waals surface area contributed by atoms with Crippen LogP contribution in [-0.2, 0) is 4.74 Å². The summed E-state index contributed by atoms with van der Waals surface area (Å²) in [7, 11) is 0. The molecule has 0 heterocycles. The Bertz CT molecular complexity index is 627. The number of carbonyl (C=O) groups is 1. The number of ether oxygens (including phenoxy) is 2. The maximum atomic E-state index is 13.1. The number of hydrogen-bond acceptors (Lipinski definition) is 4. The lowest BCUT2D eigenvalue weighted by atomic mass is 9.97.